The number of rotatable bonds is 3. The average Bonchev–Trinajstić information content (AvgIpc) is 3.42. The second-order valence-electron chi connectivity index (χ2n) is 8.01. The normalized spacial score (nSPS) is 17.4. The Morgan fingerprint density at radius 3 is 2.53 bits per heavy atom. The Bertz CT molecular complexity index is 1240. The second-order valence-corrected chi connectivity index (χ2v) is 9.95. The number of furan rings is 1. The van der Waals surface area contributed by atoms with E-state index in [0.717, 1.165) is 47.9 Å². The van der Waals surface area contributed by atoms with Crippen LogP contribution < -0.4 is 4.90 Å². The highest BCUT2D eigenvalue weighted by Gasteiger charge is 2.31. The van der Waals surface area contributed by atoms with Gasteiger partial charge in [-0.2, -0.15) is 4.31 Å². The Morgan fingerprint density at radius 1 is 1.00 bits per heavy atom. The summed E-state index contributed by atoms with van der Waals surface area (Å²) in [5.41, 5.74) is 3.19. The summed E-state index contributed by atoms with van der Waals surface area (Å²) in [7, 11) is -3.47. The molecule has 7 heteroatoms. The van der Waals surface area contributed by atoms with Crippen molar-refractivity contribution in [2.75, 3.05) is 24.5 Å². The maximum absolute atomic E-state index is 13.3. The van der Waals surface area contributed by atoms with E-state index in [1.807, 2.05) is 31.2 Å². The first-order valence-electron chi connectivity index (χ1n) is 10.4. The second kappa shape index (κ2) is 7.25. The molecule has 0 unspecified atom stereocenters. The third-order valence-electron chi connectivity index (χ3n) is 6.16. The molecule has 1 saturated heterocycles. The van der Waals surface area contributed by atoms with E-state index < -0.39 is 10.0 Å². The lowest BCUT2D eigenvalue weighted by molar-refractivity contribution is 0.0959. The zero-order chi connectivity index (χ0) is 20.9. The average molecular weight is 425 g/mol. The van der Waals surface area contributed by atoms with Crippen molar-refractivity contribution in [2.45, 2.75) is 37.5 Å². The summed E-state index contributed by atoms with van der Waals surface area (Å²) < 4.78 is 33.3. The van der Waals surface area contributed by atoms with Crippen LogP contribution in [0.4, 0.5) is 5.69 Å². The van der Waals surface area contributed by atoms with Crippen molar-refractivity contribution in [3.8, 4) is 0 Å². The van der Waals surface area contributed by atoms with Crippen LogP contribution in [0, 0.1) is 6.92 Å². The molecule has 5 rings (SSSR count). The van der Waals surface area contributed by atoms with Crippen molar-refractivity contribution < 1.29 is 17.6 Å². The number of aryl methyl sites for hydroxylation is 2. The van der Waals surface area contributed by atoms with Crippen LogP contribution >= 0.6 is 0 Å². The van der Waals surface area contributed by atoms with Gasteiger partial charge in [0, 0.05) is 36.3 Å². The monoisotopic (exact) mass is 424 g/mol. The number of fused-ring (bicyclic) bond motifs is 2. The van der Waals surface area contributed by atoms with Crippen LogP contribution in [0.3, 0.4) is 0 Å². The molecule has 0 saturated carbocycles. The van der Waals surface area contributed by atoms with Crippen LogP contribution in [0.25, 0.3) is 11.0 Å². The predicted octanol–water partition coefficient (Wildman–Crippen LogP) is 4.12. The Kier molecular flexibility index (Phi) is 4.67. The van der Waals surface area contributed by atoms with Gasteiger partial charge in [-0.05, 0) is 62.4 Å². The largest absolute Gasteiger partial charge is 0.451 e. The van der Waals surface area contributed by atoms with Crippen molar-refractivity contribution in [3.63, 3.8) is 0 Å². The van der Waals surface area contributed by atoms with E-state index in [2.05, 4.69) is 0 Å². The van der Waals surface area contributed by atoms with Crippen LogP contribution in [-0.2, 0) is 16.4 Å². The number of sulfonamides is 1. The molecule has 1 amide bonds. The Balaban J connectivity index is 1.51. The predicted molar refractivity (Wildman–Crippen MR) is 115 cm³/mol. The minimum Gasteiger partial charge on any atom is -0.451 e. The summed E-state index contributed by atoms with van der Waals surface area (Å²) in [6.07, 6.45) is 3.35. The number of benzene rings is 2. The molecule has 0 atom stereocenters. The minimum atomic E-state index is -3.47. The van der Waals surface area contributed by atoms with E-state index in [9.17, 15) is 13.2 Å². The van der Waals surface area contributed by atoms with E-state index in [0.29, 0.717) is 35.9 Å². The molecule has 0 radical (unpaired) electrons. The molecule has 2 aliphatic heterocycles. The SMILES string of the molecule is Cc1c(C(=O)N2CCCc3cc(S(=O)(=O)N4CCCC4)ccc32)oc2ccccc12. The van der Waals surface area contributed by atoms with Crippen molar-refractivity contribution >= 4 is 32.6 Å². The van der Waals surface area contributed by atoms with Crippen molar-refractivity contribution in [3.05, 3.63) is 59.4 Å². The first-order valence-corrected chi connectivity index (χ1v) is 11.8. The Morgan fingerprint density at radius 2 is 1.77 bits per heavy atom. The smallest absolute Gasteiger partial charge is 0.294 e. The molecular weight excluding hydrogens is 400 g/mol. The van der Waals surface area contributed by atoms with Gasteiger partial charge in [0.1, 0.15) is 5.58 Å². The highest BCUT2D eigenvalue weighted by molar-refractivity contribution is 7.89. The molecule has 3 heterocycles. The molecule has 1 aromatic heterocycles. The summed E-state index contributed by atoms with van der Waals surface area (Å²) in [6.45, 7) is 3.64. The molecular formula is C23H24N2O4S. The molecule has 2 aromatic carbocycles. The van der Waals surface area contributed by atoms with Crippen LogP contribution in [0.2, 0.25) is 0 Å². The lowest BCUT2D eigenvalue weighted by atomic mass is 10.0. The Hall–Kier alpha value is -2.64. The zero-order valence-electron chi connectivity index (χ0n) is 16.9. The van der Waals surface area contributed by atoms with Gasteiger partial charge in [-0.1, -0.05) is 18.2 Å². The lowest BCUT2D eigenvalue weighted by Gasteiger charge is -2.29. The number of hydrogen-bond acceptors (Lipinski definition) is 4. The van der Waals surface area contributed by atoms with E-state index >= 15 is 0 Å². The zero-order valence-corrected chi connectivity index (χ0v) is 17.7. The molecule has 30 heavy (non-hydrogen) atoms. The van der Waals surface area contributed by atoms with Crippen molar-refractivity contribution in [1.29, 1.82) is 0 Å². The van der Waals surface area contributed by atoms with Crippen LogP contribution in [0.1, 0.15) is 40.9 Å². The fourth-order valence-corrected chi connectivity index (χ4v) is 6.09. The van der Waals surface area contributed by atoms with E-state index in [1.165, 1.54) is 0 Å². The standard InChI is InChI=1S/C23H24N2O4S/c1-16-19-8-2-3-9-21(19)29-22(16)23(26)25-14-6-7-17-15-18(10-11-20(17)25)30(27,28)24-12-4-5-13-24/h2-3,8-11,15H,4-7,12-14H2,1H3. The molecule has 1 fully saturated rings. The van der Waals surface area contributed by atoms with Gasteiger partial charge < -0.3 is 9.32 Å². The number of carbonyl (C=O) groups excluding carboxylic acids is 1. The number of amides is 1. The summed E-state index contributed by atoms with van der Waals surface area (Å²) in [5.74, 6) is 0.164. The van der Waals surface area contributed by atoms with Crippen molar-refractivity contribution in [2.24, 2.45) is 0 Å². The highest BCUT2D eigenvalue weighted by Crippen LogP contribution is 2.34. The fraction of sp³-hybridized carbons (Fsp3) is 0.348. The van der Waals surface area contributed by atoms with Gasteiger partial charge in [-0.3, -0.25) is 4.79 Å². The van der Waals surface area contributed by atoms with Crippen molar-refractivity contribution in [1.82, 2.24) is 4.31 Å². The van der Waals surface area contributed by atoms with Gasteiger partial charge in [-0.15, -0.1) is 0 Å². The topological polar surface area (TPSA) is 70.8 Å². The molecule has 156 valence electrons. The number of carbonyl (C=O) groups is 1. The van der Waals surface area contributed by atoms with Gasteiger partial charge in [0.15, 0.2) is 5.76 Å². The summed E-state index contributed by atoms with van der Waals surface area (Å²) >= 11 is 0. The molecule has 0 bridgehead atoms. The third-order valence-corrected chi connectivity index (χ3v) is 8.05. The van der Waals surface area contributed by atoms with Gasteiger partial charge in [0.05, 0.1) is 4.90 Å². The molecule has 0 spiro atoms. The quantitative estimate of drug-likeness (QED) is 0.634. The van der Waals surface area contributed by atoms with Gasteiger partial charge in [0.2, 0.25) is 10.0 Å². The number of anilines is 1. The van der Waals surface area contributed by atoms with E-state index in [1.54, 1.807) is 27.4 Å². The number of nitrogens with zero attached hydrogens (tertiary/aromatic N) is 2. The Labute approximate surface area is 176 Å². The molecule has 0 N–H and O–H groups in total. The first-order chi connectivity index (χ1) is 14.5. The van der Waals surface area contributed by atoms with E-state index in [-0.39, 0.29) is 5.91 Å². The fourth-order valence-electron chi connectivity index (χ4n) is 4.52. The molecule has 2 aliphatic rings. The van der Waals surface area contributed by atoms with Gasteiger partial charge in [-0.25, -0.2) is 8.42 Å². The minimum absolute atomic E-state index is 0.181. The highest BCUT2D eigenvalue weighted by atomic mass is 32.2. The van der Waals surface area contributed by atoms with E-state index in [4.69, 9.17) is 4.42 Å². The molecule has 0 aliphatic carbocycles. The van der Waals surface area contributed by atoms with Gasteiger partial charge >= 0.3 is 0 Å². The summed E-state index contributed by atoms with van der Waals surface area (Å²) in [6, 6.07) is 12.8. The lowest BCUT2D eigenvalue weighted by Crippen LogP contribution is -2.36. The van der Waals surface area contributed by atoms with Crippen LogP contribution in [0.5, 0.6) is 0 Å². The summed E-state index contributed by atoms with van der Waals surface area (Å²) in [4.78, 5) is 15.4. The van der Waals surface area contributed by atoms with Gasteiger partial charge in [0.25, 0.3) is 5.91 Å². The molecule has 6 nitrogen and oxygen atoms in total. The third kappa shape index (κ3) is 3.04. The number of para-hydroxylation sites is 1. The maximum atomic E-state index is 13.3. The van der Waals surface area contributed by atoms with Crippen LogP contribution in [-0.4, -0.2) is 38.3 Å². The number of hydrogen-bond donors (Lipinski definition) is 0. The summed E-state index contributed by atoms with van der Waals surface area (Å²) in [5, 5.41) is 0.935. The molecule has 3 aromatic rings. The maximum Gasteiger partial charge on any atom is 0.294 e. The van der Waals surface area contributed by atoms with Crippen LogP contribution in [0.15, 0.2) is 51.8 Å². The first kappa shape index (κ1) is 19.3.